The molecular weight excluding hydrogens is 371 g/mol. The molecule has 2 N–H and O–H groups in total. The molecule has 0 aliphatic heterocycles. The average molecular weight is 385 g/mol. The number of nitrogens with zero attached hydrogens (tertiary/aromatic N) is 1. The number of oxime groups is 1. The second kappa shape index (κ2) is 8.99. The summed E-state index contributed by atoms with van der Waals surface area (Å²) in [6.07, 6.45) is -3.78. The van der Waals surface area contributed by atoms with Crippen LogP contribution in [0.15, 0.2) is 46.9 Å². The third kappa shape index (κ3) is 6.55. The molecule has 0 atom stereocenters. The Kier molecular flexibility index (Phi) is 6.73. The molecule has 6 nitrogen and oxygen atoms in total. The number of nitrogens with one attached hydrogen (secondary N) is 2. The van der Waals surface area contributed by atoms with Crippen LogP contribution in [0.25, 0.3) is 0 Å². The first kappa shape index (κ1) is 19.4. The SMILES string of the molecule is O=C(/C=N\OCC(=O)NCc1cccs1)Nc1cccc(C(F)(F)F)c1. The Hall–Kier alpha value is -2.88. The zero-order valence-corrected chi connectivity index (χ0v) is 14.1. The Balaban J connectivity index is 1.73. The Morgan fingerprint density at radius 2 is 2.04 bits per heavy atom. The monoisotopic (exact) mass is 385 g/mol. The van der Waals surface area contributed by atoms with E-state index in [2.05, 4.69) is 20.6 Å². The number of carbonyl (C=O) groups is 2. The van der Waals surface area contributed by atoms with Crippen LogP contribution >= 0.6 is 11.3 Å². The molecule has 2 amide bonds. The molecule has 0 radical (unpaired) electrons. The summed E-state index contributed by atoms with van der Waals surface area (Å²) in [6, 6.07) is 7.88. The highest BCUT2D eigenvalue weighted by molar-refractivity contribution is 7.09. The van der Waals surface area contributed by atoms with Crippen molar-refractivity contribution in [2.75, 3.05) is 11.9 Å². The number of rotatable bonds is 7. The average Bonchev–Trinajstić information content (AvgIpc) is 3.10. The van der Waals surface area contributed by atoms with Gasteiger partial charge in [-0.2, -0.15) is 13.2 Å². The first-order valence-corrected chi connectivity index (χ1v) is 8.15. The lowest BCUT2D eigenvalue weighted by atomic mass is 10.2. The van der Waals surface area contributed by atoms with Gasteiger partial charge in [0.25, 0.3) is 11.8 Å². The van der Waals surface area contributed by atoms with Crippen LogP contribution in [0.2, 0.25) is 0 Å². The van der Waals surface area contributed by atoms with Gasteiger partial charge in [-0.1, -0.05) is 17.3 Å². The van der Waals surface area contributed by atoms with Crippen molar-refractivity contribution in [1.29, 1.82) is 0 Å². The van der Waals surface area contributed by atoms with Crippen LogP contribution < -0.4 is 10.6 Å². The van der Waals surface area contributed by atoms with Gasteiger partial charge >= 0.3 is 6.18 Å². The van der Waals surface area contributed by atoms with Crippen LogP contribution in [0.5, 0.6) is 0 Å². The largest absolute Gasteiger partial charge is 0.416 e. The quantitative estimate of drug-likeness (QED) is 0.568. The second-order valence-corrected chi connectivity index (χ2v) is 5.96. The van der Waals surface area contributed by atoms with Crippen LogP contribution in [0.3, 0.4) is 0 Å². The van der Waals surface area contributed by atoms with Crippen LogP contribution in [-0.2, 0) is 27.1 Å². The first-order chi connectivity index (χ1) is 12.3. The molecule has 1 heterocycles. The number of carbonyl (C=O) groups excluding carboxylic acids is 2. The maximum Gasteiger partial charge on any atom is 0.416 e. The maximum atomic E-state index is 12.6. The van der Waals surface area contributed by atoms with Crippen molar-refractivity contribution in [3.8, 4) is 0 Å². The molecule has 26 heavy (non-hydrogen) atoms. The van der Waals surface area contributed by atoms with E-state index in [1.54, 1.807) is 0 Å². The number of anilines is 1. The van der Waals surface area contributed by atoms with E-state index in [0.29, 0.717) is 6.54 Å². The number of hydrogen-bond donors (Lipinski definition) is 2. The summed E-state index contributed by atoms with van der Waals surface area (Å²) in [7, 11) is 0. The second-order valence-electron chi connectivity index (χ2n) is 4.93. The number of thiophene rings is 1. The van der Waals surface area contributed by atoms with Gasteiger partial charge in [0.1, 0.15) is 6.21 Å². The zero-order valence-electron chi connectivity index (χ0n) is 13.2. The molecule has 1 aromatic carbocycles. The summed E-state index contributed by atoms with van der Waals surface area (Å²) < 4.78 is 37.8. The number of benzene rings is 1. The summed E-state index contributed by atoms with van der Waals surface area (Å²) >= 11 is 1.49. The molecule has 0 bridgehead atoms. The van der Waals surface area contributed by atoms with E-state index in [0.717, 1.165) is 23.2 Å². The van der Waals surface area contributed by atoms with Gasteiger partial charge in [-0.15, -0.1) is 11.3 Å². The van der Waals surface area contributed by atoms with Crippen molar-refractivity contribution in [2.24, 2.45) is 5.16 Å². The lowest BCUT2D eigenvalue weighted by molar-refractivity contribution is -0.137. The van der Waals surface area contributed by atoms with E-state index in [-0.39, 0.29) is 5.69 Å². The van der Waals surface area contributed by atoms with Gasteiger partial charge in [-0.05, 0) is 29.6 Å². The minimum Gasteiger partial charge on any atom is -0.386 e. The van der Waals surface area contributed by atoms with Crippen molar-refractivity contribution in [1.82, 2.24) is 5.32 Å². The highest BCUT2D eigenvalue weighted by Gasteiger charge is 2.30. The highest BCUT2D eigenvalue weighted by atomic mass is 32.1. The van der Waals surface area contributed by atoms with Gasteiger partial charge in [-0.25, -0.2) is 0 Å². The lowest BCUT2D eigenvalue weighted by Crippen LogP contribution is -2.26. The molecule has 138 valence electrons. The van der Waals surface area contributed by atoms with Crippen LogP contribution in [-0.4, -0.2) is 24.6 Å². The lowest BCUT2D eigenvalue weighted by Gasteiger charge is -2.08. The Morgan fingerprint density at radius 1 is 1.23 bits per heavy atom. The smallest absolute Gasteiger partial charge is 0.386 e. The van der Waals surface area contributed by atoms with Crippen molar-refractivity contribution >= 4 is 35.1 Å². The third-order valence-electron chi connectivity index (χ3n) is 2.94. The van der Waals surface area contributed by atoms with E-state index < -0.39 is 30.2 Å². The molecule has 2 aromatic rings. The van der Waals surface area contributed by atoms with Gasteiger partial charge in [0.2, 0.25) is 0 Å². The summed E-state index contributed by atoms with van der Waals surface area (Å²) in [5.74, 6) is -1.21. The van der Waals surface area contributed by atoms with Crippen molar-refractivity contribution in [2.45, 2.75) is 12.7 Å². The maximum absolute atomic E-state index is 12.6. The molecular formula is C16H14F3N3O3S. The van der Waals surface area contributed by atoms with Crippen molar-refractivity contribution in [3.63, 3.8) is 0 Å². The van der Waals surface area contributed by atoms with Crippen LogP contribution in [0, 0.1) is 0 Å². The summed E-state index contributed by atoms with van der Waals surface area (Å²) in [6.45, 7) is -0.0294. The fraction of sp³-hybridized carbons (Fsp3) is 0.188. The molecule has 0 aliphatic carbocycles. The zero-order chi connectivity index (χ0) is 19.0. The predicted octanol–water partition coefficient (Wildman–Crippen LogP) is 3.02. The Bertz CT molecular complexity index is 777. The standard InChI is InChI=1S/C16H14F3N3O3S/c17-16(18,19)11-3-1-4-12(7-11)22-14(23)9-21-25-10-15(24)20-8-13-5-2-6-26-13/h1-7,9H,8,10H2,(H,20,24)(H,22,23)/b21-9-. The van der Waals surface area contributed by atoms with E-state index in [1.807, 2.05) is 17.5 Å². The molecule has 2 rings (SSSR count). The highest BCUT2D eigenvalue weighted by Crippen LogP contribution is 2.30. The number of amides is 2. The molecule has 0 saturated heterocycles. The summed E-state index contributed by atoms with van der Waals surface area (Å²) in [4.78, 5) is 28.7. The Labute approximate surface area is 150 Å². The van der Waals surface area contributed by atoms with Crippen LogP contribution in [0.4, 0.5) is 18.9 Å². The van der Waals surface area contributed by atoms with Gasteiger partial charge in [0.05, 0.1) is 12.1 Å². The molecule has 0 saturated carbocycles. The van der Waals surface area contributed by atoms with Crippen LogP contribution in [0.1, 0.15) is 10.4 Å². The van der Waals surface area contributed by atoms with Crippen molar-refractivity contribution in [3.05, 3.63) is 52.2 Å². The molecule has 10 heteroatoms. The molecule has 1 aromatic heterocycles. The topological polar surface area (TPSA) is 79.8 Å². The molecule has 0 unspecified atom stereocenters. The normalized spacial score (nSPS) is 11.3. The minimum atomic E-state index is -4.51. The van der Waals surface area contributed by atoms with E-state index >= 15 is 0 Å². The number of hydrogen-bond acceptors (Lipinski definition) is 5. The predicted molar refractivity (Wildman–Crippen MR) is 90.7 cm³/mol. The Morgan fingerprint density at radius 3 is 2.73 bits per heavy atom. The first-order valence-electron chi connectivity index (χ1n) is 7.27. The van der Waals surface area contributed by atoms with Crippen molar-refractivity contribution < 1.29 is 27.6 Å². The number of alkyl halides is 3. The summed E-state index contributed by atoms with van der Waals surface area (Å²) in [5.41, 5.74) is -0.920. The van der Waals surface area contributed by atoms with Gasteiger partial charge in [-0.3, -0.25) is 9.59 Å². The molecule has 0 fully saturated rings. The van der Waals surface area contributed by atoms with E-state index in [9.17, 15) is 22.8 Å². The van der Waals surface area contributed by atoms with Gasteiger partial charge in [0, 0.05) is 10.6 Å². The fourth-order valence-corrected chi connectivity index (χ4v) is 2.42. The number of halogens is 3. The van der Waals surface area contributed by atoms with Gasteiger partial charge in [0.15, 0.2) is 6.61 Å². The summed E-state index contributed by atoms with van der Waals surface area (Å²) in [5, 5.41) is 10.0. The molecule has 0 aliphatic rings. The van der Waals surface area contributed by atoms with Gasteiger partial charge < -0.3 is 15.5 Å². The third-order valence-corrected chi connectivity index (χ3v) is 3.81. The minimum absolute atomic E-state index is 0.0371. The van der Waals surface area contributed by atoms with E-state index in [1.165, 1.54) is 23.5 Å². The molecule has 0 spiro atoms. The van der Waals surface area contributed by atoms with E-state index in [4.69, 9.17) is 0 Å². The fourth-order valence-electron chi connectivity index (χ4n) is 1.78.